The second-order valence-electron chi connectivity index (χ2n) is 5.20. The molecular weight excluding hydrogens is 350 g/mol. The van der Waals surface area contributed by atoms with Gasteiger partial charge in [-0.2, -0.15) is 4.31 Å². The Bertz CT molecular complexity index is 745. The molecular formula is C17H20ClNO4S. The average Bonchev–Trinajstić information content (AvgIpc) is 2.57. The fraction of sp³-hybridized carbons (Fsp3) is 0.294. The van der Waals surface area contributed by atoms with Crippen molar-refractivity contribution < 1.29 is 17.9 Å². The van der Waals surface area contributed by atoms with E-state index in [9.17, 15) is 8.42 Å². The summed E-state index contributed by atoms with van der Waals surface area (Å²) in [5, 5.41) is 0.619. The van der Waals surface area contributed by atoms with Crippen LogP contribution in [0.1, 0.15) is 5.56 Å². The summed E-state index contributed by atoms with van der Waals surface area (Å²) in [7, 11) is -0.428. The average molecular weight is 370 g/mol. The van der Waals surface area contributed by atoms with Gasteiger partial charge in [0.15, 0.2) is 0 Å². The molecule has 5 nitrogen and oxygen atoms in total. The molecule has 0 bridgehead atoms. The van der Waals surface area contributed by atoms with Gasteiger partial charge in [-0.1, -0.05) is 23.7 Å². The van der Waals surface area contributed by atoms with Gasteiger partial charge in [0, 0.05) is 25.7 Å². The third-order valence-electron chi connectivity index (χ3n) is 3.41. The van der Waals surface area contributed by atoms with Gasteiger partial charge in [-0.15, -0.1) is 0 Å². The quantitative estimate of drug-likeness (QED) is 0.670. The summed E-state index contributed by atoms with van der Waals surface area (Å²) in [6, 6.07) is 13.4. The van der Waals surface area contributed by atoms with E-state index in [0.29, 0.717) is 24.0 Å². The van der Waals surface area contributed by atoms with Crippen LogP contribution in [0.25, 0.3) is 0 Å². The highest BCUT2D eigenvalue weighted by atomic mass is 35.5. The van der Waals surface area contributed by atoms with E-state index in [1.807, 2.05) is 0 Å². The molecule has 0 radical (unpaired) electrons. The van der Waals surface area contributed by atoms with Crippen LogP contribution in [0.15, 0.2) is 53.4 Å². The molecule has 0 fully saturated rings. The van der Waals surface area contributed by atoms with E-state index in [-0.39, 0.29) is 11.4 Å². The Morgan fingerprint density at radius 2 is 1.62 bits per heavy atom. The molecule has 0 aromatic heterocycles. The van der Waals surface area contributed by atoms with Crippen LogP contribution in [0.4, 0.5) is 0 Å². The maximum atomic E-state index is 12.6. The predicted molar refractivity (Wildman–Crippen MR) is 93.9 cm³/mol. The first-order valence-electron chi connectivity index (χ1n) is 7.36. The van der Waals surface area contributed by atoms with Crippen molar-refractivity contribution >= 4 is 21.6 Å². The van der Waals surface area contributed by atoms with Gasteiger partial charge in [0.25, 0.3) is 0 Å². The Balaban J connectivity index is 2.06. The lowest BCUT2D eigenvalue weighted by molar-refractivity contribution is 0.146. The maximum Gasteiger partial charge on any atom is 0.243 e. The second-order valence-corrected chi connectivity index (χ2v) is 7.68. The van der Waals surface area contributed by atoms with Gasteiger partial charge < -0.3 is 9.47 Å². The van der Waals surface area contributed by atoms with Gasteiger partial charge in [-0.25, -0.2) is 8.42 Å². The van der Waals surface area contributed by atoms with Crippen molar-refractivity contribution in [3.63, 3.8) is 0 Å². The molecule has 0 atom stereocenters. The van der Waals surface area contributed by atoms with Crippen molar-refractivity contribution in [3.05, 3.63) is 59.1 Å². The van der Waals surface area contributed by atoms with E-state index in [1.54, 1.807) is 50.6 Å². The fourth-order valence-electron chi connectivity index (χ4n) is 2.06. The van der Waals surface area contributed by atoms with Crippen molar-refractivity contribution in [2.75, 3.05) is 27.4 Å². The molecule has 24 heavy (non-hydrogen) atoms. The molecule has 2 aromatic rings. The van der Waals surface area contributed by atoms with Gasteiger partial charge >= 0.3 is 0 Å². The molecule has 130 valence electrons. The molecule has 0 N–H and O–H groups in total. The molecule has 7 heteroatoms. The Hall–Kier alpha value is -1.60. The summed E-state index contributed by atoms with van der Waals surface area (Å²) in [6.45, 7) is 1.16. The number of benzene rings is 2. The molecule has 0 saturated carbocycles. The van der Waals surface area contributed by atoms with Crippen LogP contribution >= 0.6 is 11.6 Å². The third-order valence-corrected chi connectivity index (χ3v) is 5.48. The Kier molecular flexibility index (Phi) is 6.62. The summed E-state index contributed by atoms with van der Waals surface area (Å²) in [5.74, 6) is 0.603. The number of sulfonamides is 1. The smallest absolute Gasteiger partial charge is 0.243 e. The second kappa shape index (κ2) is 8.48. The minimum atomic E-state index is -3.57. The predicted octanol–water partition coefficient (Wildman–Crippen LogP) is 3.19. The van der Waals surface area contributed by atoms with Crippen molar-refractivity contribution in [1.29, 1.82) is 0 Å². The molecule has 0 heterocycles. The van der Waals surface area contributed by atoms with Crippen LogP contribution < -0.4 is 4.74 Å². The number of nitrogens with zero attached hydrogens (tertiary/aromatic N) is 1. The first-order chi connectivity index (χ1) is 11.4. The lowest BCUT2D eigenvalue weighted by atomic mass is 10.2. The lowest BCUT2D eigenvalue weighted by Gasteiger charge is -2.17. The molecule has 0 amide bonds. The molecule has 2 rings (SSSR count). The van der Waals surface area contributed by atoms with Gasteiger partial charge in [0.1, 0.15) is 12.4 Å². The third kappa shape index (κ3) is 4.95. The molecule has 2 aromatic carbocycles. The van der Waals surface area contributed by atoms with Crippen molar-refractivity contribution in [3.8, 4) is 5.75 Å². The highest BCUT2D eigenvalue weighted by Gasteiger charge is 2.20. The minimum absolute atomic E-state index is 0.220. The lowest BCUT2D eigenvalue weighted by Crippen LogP contribution is -2.26. The van der Waals surface area contributed by atoms with Crippen LogP contribution in [0.3, 0.4) is 0 Å². The van der Waals surface area contributed by atoms with Gasteiger partial charge in [0.05, 0.1) is 11.5 Å². The topological polar surface area (TPSA) is 55.8 Å². The number of hydrogen-bond acceptors (Lipinski definition) is 4. The van der Waals surface area contributed by atoms with E-state index in [4.69, 9.17) is 21.1 Å². The van der Waals surface area contributed by atoms with Crippen LogP contribution in [0, 0.1) is 0 Å². The Morgan fingerprint density at radius 1 is 1.00 bits per heavy atom. The van der Waals surface area contributed by atoms with Crippen LogP contribution in [0.2, 0.25) is 5.02 Å². The summed E-state index contributed by atoms with van der Waals surface area (Å²) < 4.78 is 36.9. The van der Waals surface area contributed by atoms with E-state index < -0.39 is 10.0 Å². The van der Waals surface area contributed by atoms with E-state index >= 15 is 0 Å². The standard InChI is InChI=1S/C17H20ClNO4S/c1-19(13-14-3-5-15(18)6-4-14)24(20,21)17-9-7-16(8-10-17)23-12-11-22-2/h3-10H,11-13H2,1-2H3. The molecule has 0 aliphatic heterocycles. The first-order valence-corrected chi connectivity index (χ1v) is 9.18. The highest BCUT2D eigenvalue weighted by molar-refractivity contribution is 7.89. The van der Waals surface area contributed by atoms with Gasteiger partial charge in [-0.05, 0) is 42.0 Å². The van der Waals surface area contributed by atoms with E-state index in [1.165, 1.54) is 16.4 Å². The van der Waals surface area contributed by atoms with Crippen molar-refractivity contribution in [2.45, 2.75) is 11.4 Å². The van der Waals surface area contributed by atoms with E-state index in [2.05, 4.69) is 0 Å². The Morgan fingerprint density at radius 3 is 2.21 bits per heavy atom. The summed E-state index contributed by atoms with van der Waals surface area (Å²) in [4.78, 5) is 0.220. The fourth-order valence-corrected chi connectivity index (χ4v) is 3.35. The normalized spacial score (nSPS) is 11.7. The summed E-state index contributed by atoms with van der Waals surface area (Å²) >= 11 is 5.84. The molecule has 0 unspecified atom stereocenters. The van der Waals surface area contributed by atoms with Gasteiger partial charge in [0.2, 0.25) is 10.0 Å². The number of ether oxygens (including phenoxy) is 2. The number of rotatable bonds is 8. The maximum absolute atomic E-state index is 12.6. The monoisotopic (exact) mass is 369 g/mol. The first kappa shape index (κ1) is 18.7. The van der Waals surface area contributed by atoms with Crippen LogP contribution in [-0.2, 0) is 21.3 Å². The van der Waals surface area contributed by atoms with Crippen LogP contribution in [0.5, 0.6) is 5.75 Å². The number of halogens is 1. The summed E-state index contributed by atoms with van der Waals surface area (Å²) in [5.41, 5.74) is 0.866. The highest BCUT2D eigenvalue weighted by Crippen LogP contribution is 2.20. The zero-order valence-electron chi connectivity index (χ0n) is 13.6. The van der Waals surface area contributed by atoms with E-state index in [0.717, 1.165) is 5.56 Å². The number of methoxy groups -OCH3 is 1. The zero-order chi connectivity index (χ0) is 17.6. The van der Waals surface area contributed by atoms with Gasteiger partial charge in [-0.3, -0.25) is 0 Å². The molecule has 0 aliphatic rings. The molecule has 0 aliphatic carbocycles. The number of hydrogen-bond donors (Lipinski definition) is 0. The minimum Gasteiger partial charge on any atom is -0.491 e. The van der Waals surface area contributed by atoms with Crippen LogP contribution in [-0.4, -0.2) is 40.1 Å². The SMILES string of the molecule is COCCOc1ccc(S(=O)(=O)N(C)Cc2ccc(Cl)cc2)cc1. The zero-order valence-corrected chi connectivity index (χ0v) is 15.2. The summed E-state index contributed by atoms with van der Waals surface area (Å²) in [6.07, 6.45) is 0. The molecule has 0 spiro atoms. The van der Waals surface area contributed by atoms with Crippen molar-refractivity contribution in [2.24, 2.45) is 0 Å². The molecule has 0 saturated heterocycles. The Labute approximate surface area is 147 Å². The van der Waals surface area contributed by atoms with Crippen molar-refractivity contribution in [1.82, 2.24) is 4.31 Å². The largest absolute Gasteiger partial charge is 0.491 e.